The Bertz CT molecular complexity index is 659. The van der Waals surface area contributed by atoms with Crippen LogP contribution in [0.1, 0.15) is 25.7 Å². The third-order valence-electron chi connectivity index (χ3n) is 3.94. The number of hydrogen-bond donors (Lipinski definition) is 1. The van der Waals surface area contributed by atoms with Crippen molar-refractivity contribution in [1.29, 1.82) is 0 Å². The van der Waals surface area contributed by atoms with Gasteiger partial charge < -0.3 is 19.5 Å². The molecule has 3 rings (SSSR count). The maximum Gasteiger partial charge on any atom is 0.317 e. The Morgan fingerprint density at radius 2 is 2.25 bits per heavy atom. The molecule has 1 fully saturated rings. The maximum atomic E-state index is 11.9. The molecule has 128 valence electrons. The molecule has 0 spiro atoms. The molecule has 0 aliphatic carbocycles. The van der Waals surface area contributed by atoms with Gasteiger partial charge in [-0.25, -0.2) is 4.79 Å². The molecule has 7 heteroatoms. The van der Waals surface area contributed by atoms with Crippen molar-refractivity contribution in [2.75, 3.05) is 19.6 Å². The third-order valence-corrected chi connectivity index (χ3v) is 3.94. The molecule has 0 unspecified atom stereocenters. The van der Waals surface area contributed by atoms with Crippen molar-refractivity contribution in [2.45, 2.75) is 32.5 Å². The molecule has 1 saturated heterocycles. The molecule has 1 aromatic carbocycles. The predicted octanol–water partition coefficient (Wildman–Crippen LogP) is 2.45. The van der Waals surface area contributed by atoms with Crippen LogP contribution < -0.4 is 5.32 Å². The van der Waals surface area contributed by atoms with Gasteiger partial charge in [0, 0.05) is 25.2 Å². The van der Waals surface area contributed by atoms with Crippen LogP contribution in [0.3, 0.4) is 0 Å². The van der Waals surface area contributed by atoms with E-state index in [9.17, 15) is 4.79 Å². The van der Waals surface area contributed by atoms with E-state index in [2.05, 4.69) is 15.5 Å². The smallest absolute Gasteiger partial charge is 0.317 e. The minimum absolute atomic E-state index is 0.00608. The summed E-state index contributed by atoms with van der Waals surface area (Å²) in [6.45, 7) is 4.16. The summed E-state index contributed by atoms with van der Waals surface area (Å²) in [5.41, 5.74) is 0.910. The van der Waals surface area contributed by atoms with Crippen molar-refractivity contribution in [2.24, 2.45) is 0 Å². The summed E-state index contributed by atoms with van der Waals surface area (Å²) in [6.07, 6.45) is 1.85. The molecule has 1 atom stereocenters. The van der Waals surface area contributed by atoms with E-state index < -0.39 is 0 Å². The first kappa shape index (κ1) is 16.4. The van der Waals surface area contributed by atoms with Gasteiger partial charge in [-0.3, -0.25) is 0 Å². The van der Waals surface area contributed by atoms with Crippen LogP contribution in [0, 0.1) is 0 Å². The molecule has 2 aromatic rings. The molecular weight excluding hydrogens is 308 g/mol. The monoisotopic (exact) mass is 330 g/mol. The van der Waals surface area contributed by atoms with Crippen LogP contribution in [-0.2, 0) is 11.3 Å². The number of ether oxygens (including phenoxy) is 1. The topological polar surface area (TPSA) is 80.5 Å². The number of likely N-dealkylation sites (tertiary alicyclic amines) is 1. The Morgan fingerprint density at radius 3 is 3.04 bits per heavy atom. The average Bonchev–Trinajstić information content (AvgIpc) is 3.10. The molecule has 7 nitrogen and oxygen atoms in total. The number of hydrogen-bond acceptors (Lipinski definition) is 5. The predicted molar refractivity (Wildman–Crippen MR) is 88.2 cm³/mol. The standard InChI is InChI=1S/C17H22N4O3/c1-2-18-17(22)21-10-6-9-14(11-21)23-12-15-19-16(20-24-15)13-7-4-3-5-8-13/h3-5,7-8,14H,2,6,9-12H2,1H3,(H,18,22)/t14-/m1/s1. The van der Waals surface area contributed by atoms with E-state index in [0.717, 1.165) is 24.9 Å². The molecule has 0 bridgehead atoms. The molecule has 1 N–H and O–H groups in total. The summed E-state index contributed by atoms with van der Waals surface area (Å²) < 4.78 is 11.1. The van der Waals surface area contributed by atoms with E-state index in [0.29, 0.717) is 24.8 Å². The number of carbonyl (C=O) groups is 1. The summed E-state index contributed by atoms with van der Waals surface area (Å²) in [5.74, 6) is 1.01. The molecular formula is C17H22N4O3. The highest BCUT2D eigenvalue weighted by atomic mass is 16.5. The first-order valence-corrected chi connectivity index (χ1v) is 8.28. The van der Waals surface area contributed by atoms with Crippen molar-refractivity contribution in [3.05, 3.63) is 36.2 Å². The number of urea groups is 1. The molecule has 2 heterocycles. The fourth-order valence-electron chi connectivity index (χ4n) is 2.73. The van der Waals surface area contributed by atoms with Crippen molar-refractivity contribution < 1.29 is 14.1 Å². The summed E-state index contributed by atoms with van der Waals surface area (Å²) in [5, 5.41) is 6.80. The van der Waals surface area contributed by atoms with Gasteiger partial charge in [-0.1, -0.05) is 35.5 Å². The van der Waals surface area contributed by atoms with E-state index in [1.165, 1.54) is 0 Å². The number of amides is 2. The molecule has 1 aromatic heterocycles. The SMILES string of the molecule is CCNC(=O)N1CCC[C@@H](OCc2nc(-c3ccccc3)no2)C1. The number of aromatic nitrogens is 2. The lowest BCUT2D eigenvalue weighted by Gasteiger charge is -2.32. The average molecular weight is 330 g/mol. The van der Waals surface area contributed by atoms with Crippen molar-refractivity contribution in [3.8, 4) is 11.4 Å². The van der Waals surface area contributed by atoms with Crippen LogP contribution in [0.2, 0.25) is 0 Å². The number of carbonyl (C=O) groups excluding carboxylic acids is 1. The first-order chi connectivity index (χ1) is 11.8. The lowest BCUT2D eigenvalue weighted by atomic mass is 10.1. The highest BCUT2D eigenvalue weighted by Gasteiger charge is 2.24. The third kappa shape index (κ3) is 4.11. The zero-order valence-electron chi connectivity index (χ0n) is 13.8. The second-order valence-electron chi connectivity index (χ2n) is 5.73. The van der Waals surface area contributed by atoms with Crippen LogP contribution in [-0.4, -0.2) is 46.8 Å². The Balaban J connectivity index is 1.52. The van der Waals surface area contributed by atoms with Gasteiger partial charge >= 0.3 is 6.03 Å². The van der Waals surface area contributed by atoms with E-state index >= 15 is 0 Å². The number of benzene rings is 1. The Labute approximate surface area is 141 Å². The van der Waals surface area contributed by atoms with Gasteiger partial charge in [0.25, 0.3) is 5.89 Å². The van der Waals surface area contributed by atoms with Gasteiger partial charge in [-0.15, -0.1) is 0 Å². The molecule has 2 amide bonds. The van der Waals surface area contributed by atoms with Crippen molar-refractivity contribution in [1.82, 2.24) is 20.4 Å². The van der Waals surface area contributed by atoms with Gasteiger partial charge in [0.2, 0.25) is 5.82 Å². The molecule has 0 saturated carbocycles. The fraction of sp³-hybridized carbons (Fsp3) is 0.471. The Morgan fingerprint density at radius 1 is 1.42 bits per heavy atom. The zero-order chi connectivity index (χ0) is 16.8. The van der Waals surface area contributed by atoms with E-state index in [1.807, 2.05) is 37.3 Å². The summed E-state index contributed by atoms with van der Waals surface area (Å²) in [4.78, 5) is 18.0. The number of nitrogens with zero attached hydrogens (tertiary/aromatic N) is 3. The van der Waals surface area contributed by atoms with Gasteiger partial charge in [0.05, 0.1) is 6.10 Å². The Kier molecular flexibility index (Phi) is 5.43. The van der Waals surface area contributed by atoms with Crippen LogP contribution in [0.15, 0.2) is 34.9 Å². The largest absolute Gasteiger partial charge is 0.367 e. The van der Waals surface area contributed by atoms with Crippen LogP contribution >= 0.6 is 0 Å². The van der Waals surface area contributed by atoms with Gasteiger partial charge in [0.15, 0.2) is 0 Å². The molecule has 0 radical (unpaired) electrons. The molecule has 1 aliphatic heterocycles. The van der Waals surface area contributed by atoms with E-state index in [-0.39, 0.29) is 18.7 Å². The first-order valence-electron chi connectivity index (χ1n) is 8.28. The second kappa shape index (κ2) is 7.92. The zero-order valence-corrected chi connectivity index (χ0v) is 13.8. The number of nitrogens with one attached hydrogen (secondary N) is 1. The van der Waals surface area contributed by atoms with Crippen LogP contribution in [0.25, 0.3) is 11.4 Å². The summed E-state index contributed by atoms with van der Waals surface area (Å²) >= 11 is 0. The fourth-order valence-corrected chi connectivity index (χ4v) is 2.73. The minimum Gasteiger partial charge on any atom is -0.367 e. The van der Waals surface area contributed by atoms with Crippen LogP contribution in [0.4, 0.5) is 4.79 Å². The van der Waals surface area contributed by atoms with Crippen molar-refractivity contribution >= 4 is 6.03 Å². The Hall–Kier alpha value is -2.41. The van der Waals surface area contributed by atoms with Crippen molar-refractivity contribution in [3.63, 3.8) is 0 Å². The maximum absolute atomic E-state index is 11.9. The summed E-state index contributed by atoms with van der Waals surface area (Å²) in [7, 11) is 0. The second-order valence-corrected chi connectivity index (χ2v) is 5.73. The quantitative estimate of drug-likeness (QED) is 0.911. The number of rotatable bonds is 5. The normalized spacial score (nSPS) is 17.7. The number of piperidine rings is 1. The lowest BCUT2D eigenvalue weighted by molar-refractivity contribution is -0.0103. The van der Waals surface area contributed by atoms with Gasteiger partial charge in [0.1, 0.15) is 6.61 Å². The minimum atomic E-state index is -0.0324. The molecule has 1 aliphatic rings. The van der Waals surface area contributed by atoms with E-state index in [4.69, 9.17) is 9.26 Å². The van der Waals surface area contributed by atoms with Gasteiger partial charge in [-0.2, -0.15) is 4.98 Å². The van der Waals surface area contributed by atoms with E-state index in [1.54, 1.807) is 4.90 Å². The highest BCUT2D eigenvalue weighted by molar-refractivity contribution is 5.74. The summed E-state index contributed by atoms with van der Waals surface area (Å²) in [6, 6.07) is 9.63. The lowest BCUT2D eigenvalue weighted by Crippen LogP contribution is -2.47. The van der Waals surface area contributed by atoms with Crippen LogP contribution in [0.5, 0.6) is 0 Å². The molecule has 24 heavy (non-hydrogen) atoms. The highest BCUT2D eigenvalue weighted by Crippen LogP contribution is 2.17. The van der Waals surface area contributed by atoms with Gasteiger partial charge in [-0.05, 0) is 19.8 Å².